The fourth-order valence-electron chi connectivity index (χ4n) is 2.23. The summed E-state index contributed by atoms with van der Waals surface area (Å²) in [6.07, 6.45) is 1.42. The molecule has 0 spiro atoms. The summed E-state index contributed by atoms with van der Waals surface area (Å²) in [6, 6.07) is 7.52. The Morgan fingerprint density at radius 3 is 2.71 bits per heavy atom. The van der Waals surface area contributed by atoms with Gasteiger partial charge >= 0.3 is 0 Å². The first-order valence-electron chi connectivity index (χ1n) is 6.69. The van der Waals surface area contributed by atoms with E-state index in [0.717, 1.165) is 37.7 Å². The number of hydrogen-bond donors (Lipinski definition) is 2. The number of nitrogens with one attached hydrogen (secondary N) is 1. The maximum absolute atomic E-state index is 6.38. The van der Waals surface area contributed by atoms with Crippen LogP contribution in [-0.4, -0.2) is 36.3 Å². The first kappa shape index (κ1) is 13.9. The van der Waals surface area contributed by atoms with E-state index >= 15 is 0 Å². The summed E-state index contributed by atoms with van der Waals surface area (Å²) in [5.41, 5.74) is 7.51. The van der Waals surface area contributed by atoms with Crippen LogP contribution in [0, 0.1) is 0 Å². The van der Waals surface area contributed by atoms with Crippen molar-refractivity contribution in [1.82, 2.24) is 9.97 Å². The van der Waals surface area contributed by atoms with Crippen LogP contribution in [0.25, 0.3) is 0 Å². The molecule has 0 aliphatic carbocycles. The zero-order valence-electron chi connectivity index (χ0n) is 11.4. The molecule has 0 unspecified atom stereocenters. The lowest BCUT2D eigenvalue weighted by Crippen LogP contribution is -2.36. The van der Waals surface area contributed by atoms with Crippen molar-refractivity contribution in [3.05, 3.63) is 35.6 Å². The number of benzene rings is 1. The Balaban J connectivity index is 1.77. The van der Waals surface area contributed by atoms with Crippen molar-refractivity contribution in [3.8, 4) is 0 Å². The fraction of sp³-hybridized carbons (Fsp3) is 0.286. The zero-order valence-corrected chi connectivity index (χ0v) is 12.2. The van der Waals surface area contributed by atoms with Gasteiger partial charge < -0.3 is 20.7 Å². The second kappa shape index (κ2) is 6.15. The Bertz CT molecular complexity index is 631. The minimum atomic E-state index is 0.420. The predicted molar refractivity (Wildman–Crippen MR) is 84.2 cm³/mol. The Kier molecular flexibility index (Phi) is 4.08. The van der Waals surface area contributed by atoms with Crippen LogP contribution < -0.4 is 16.0 Å². The number of nitrogens with two attached hydrogens (primary N) is 1. The molecule has 1 aromatic carbocycles. The summed E-state index contributed by atoms with van der Waals surface area (Å²) < 4.78 is 5.35. The number of ether oxygens (including phenoxy) is 1. The highest BCUT2D eigenvalue weighted by atomic mass is 35.5. The number of morpholine rings is 1. The molecule has 0 saturated carbocycles. The zero-order chi connectivity index (χ0) is 14.7. The van der Waals surface area contributed by atoms with Crippen molar-refractivity contribution >= 4 is 34.6 Å². The molecule has 0 amide bonds. The first-order chi connectivity index (χ1) is 10.2. The van der Waals surface area contributed by atoms with E-state index in [1.54, 1.807) is 6.07 Å². The third-order valence-corrected chi connectivity index (χ3v) is 3.56. The molecule has 2 aromatic rings. The van der Waals surface area contributed by atoms with Gasteiger partial charge in [0.25, 0.3) is 0 Å². The number of anilines is 4. The second-order valence-corrected chi connectivity index (χ2v) is 5.13. The number of hydrogen-bond acceptors (Lipinski definition) is 6. The van der Waals surface area contributed by atoms with Gasteiger partial charge in [-0.25, -0.2) is 9.97 Å². The molecule has 2 heterocycles. The van der Waals surface area contributed by atoms with Crippen molar-refractivity contribution in [2.45, 2.75) is 0 Å². The van der Waals surface area contributed by atoms with Crippen LogP contribution in [0.2, 0.25) is 5.02 Å². The molecule has 0 radical (unpaired) electrons. The van der Waals surface area contributed by atoms with Crippen LogP contribution in [0.4, 0.5) is 23.0 Å². The van der Waals surface area contributed by atoms with Gasteiger partial charge in [0, 0.05) is 24.8 Å². The van der Waals surface area contributed by atoms with E-state index in [1.165, 1.54) is 6.33 Å². The summed E-state index contributed by atoms with van der Waals surface area (Å²) in [7, 11) is 0. The van der Waals surface area contributed by atoms with E-state index < -0.39 is 0 Å². The molecule has 1 saturated heterocycles. The van der Waals surface area contributed by atoms with Gasteiger partial charge in [0.2, 0.25) is 0 Å². The van der Waals surface area contributed by atoms with Crippen LogP contribution in [0.5, 0.6) is 0 Å². The topological polar surface area (TPSA) is 76.3 Å². The third-order valence-electron chi connectivity index (χ3n) is 3.26. The Labute approximate surface area is 127 Å². The van der Waals surface area contributed by atoms with E-state index in [-0.39, 0.29) is 0 Å². The normalized spacial score (nSPS) is 15.0. The highest BCUT2D eigenvalue weighted by molar-refractivity contribution is 6.33. The van der Waals surface area contributed by atoms with Gasteiger partial charge in [-0.15, -0.1) is 0 Å². The maximum atomic E-state index is 6.38. The highest BCUT2D eigenvalue weighted by Gasteiger charge is 2.14. The van der Waals surface area contributed by atoms with Gasteiger partial charge in [-0.1, -0.05) is 11.6 Å². The standard InChI is InChI=1S/C14H16ClN5O/c15-11-7-10(19-14-8-13(16)17-9-18-14)1-2-12(11)20-3-5-21-6-4-20/h1-2,7-9H,3-6H2,(H3,16,17,18,19). The molecule has 3 rings (SSSR count). The smallest absolute Gasteiger partial charge is 0.135 e. The second-order valence-electron chi connectivity index (χ2n) is 4.72. The SMILES string of the molecule is Nc1cc(Nc2ccc(N3CCOCC3)c(Cl)c2)ncn1. The van der Waals surface area contributed by atoms with E-state index in [9.17, 15) is 0 Å². The van der Waals surface area contributed by atoms with Crippen molar-refractivity contribution in [1.29, 1.82) is 0 Å². The molecule has 0 atom stereocenters. The van der Waals surface area contributed by atoms with Gasteiger partial charge in [-0.05, 0) is 18.2 Å². The lowest BCUT2D eigenvalue weighted by molar-refractivity contribution is 0.122. The lowest BCUT2D eigenvalue weighted by atomic mass is 10.2. The molecule has 6 nitrogen and oxygen atoms in total. The minimum Gasteiger partial charge on any atom is -0.384 e. The fourth-order valence-corrected chi connectivity index (χ4v) is 2.53. The lowest BCUT2D eigenvalue weighted by Gasteiger charge is -2.29. The molecule has 1 fully saturated rings. The molecule has 1 aromatic heterocycles. The molecule has 0 bridgehead atoms. The average Bonchev–Trinajstić information content (AvgIpc) is 2.48. The van der Waals surface area contributed by atoms with E-state index in [1.807, 2.05) is 18.2 Å². The molecule has 1 aliphatic heterocycles. The molecular formula is C14H16ClN5O. The van der Waals surface area contributed by atoms with Crippen LogP contribution >= 0.6 is 11.6 Å². The Morgan fingerprint density at radius 1 is 1.19 bits per heavy atom. The van der Waals surface area contributed by atoms with Crippen LogP contribution in [0.3, 0.4) is 0 Å². The summed E-state index contributed by atoms with van der Waals surface area (Å²) in [4.78, 5) is 10.2. The molecular weight excluding hydrogens is 290 g/mol. The van der Waals surface area contributed by atoms with Crippen molar-refractivity contribution in [2.24, 2.45) is 0 Å². The Hall–Kier alpha value is -2.05. The van der Waals surface area contributed by atoms with Crippen molar-refractivity contribution < 1.29 is 4.74 Å². The number of aromatic nitrogens is 2. The molecule has 110 valence electrons. The number of halogens is 1. The Morgan fingerprint density at radius 2 is 2.00 bits per heavy atom. The predicted octanol–water partition coefficient (Wildman–Crippen LogP) is 2.29. The van der Waals surface area contributed by atoms with Gasteiger partial charge in [0.15, 0.2) is 0 Å². The summed E-state index contributed by atoms with van der Waals surface area (Å²) in [5, 5.41) is 3.86. The van der Waals surface area contributed by atoms with E-state index in [4.69, 9.17) is 22.1 Å². The van der Waals surface area contributed by atoms with Gasteiger partial charge in [0.05, 0.1) is 23.9 Å². The van der Waals surface area contributed by atoms with Crippen molar-refractivity contribution in [2.75, 3.05) is 42.3 Å². The summed E-state index contributed by atoms with van der Waals surface area (Å²) in [5.74, 6) is 1.06. The van der Waals surface area contributed by atoms with Crippen LogP contribution in [-0.2, 0) is 4.74 Å². The highest BCUT2D eigenvalue weighted by Crippen LogP contribution is 2.30. The number of nitrogen functional groups attached to an aromatic ring is 1. The van der Waals surface area contributed by atoms with Crippen molar-refractivity contribution in [3.63, 3.8) is 0 Å². The largest absolute Gasteiger partial charge is 0.384 e. The van der Waals surface area contributed by atoms with Gasteiger partial charge in [0.1, 0.15) is 18.0 Å². The molecule has 3 N–H and O–H groups in total. The quantitative estimate of drug-likeness (QED) is 0.906. The maximum Gasteiger partial charge on any atom is 0.135 e. The van der Waals surface area contributed by atoms with E-state index in [0.29, 0.717) is 16.7 Å². The summed E-state index contributed by atoms with van der Waals surface area (Å²) in [6.45, 7) is 3.18. The van der Waals surface area contributed by atoms with Gasteiger partial charge in [-0.3, -0.25) is 0 Å². The molecule has 21 heavy (non-hydrogen) atoms. The third kappa shape index (κ3) is 3.34. The van der Waals surface area contributed by atoms with Crippen LogP contribution in [0.1, 0.15) is 0 Å². The number of rotatable bonds is 3. The first-order valence-corrected chi connectivity index (χ1v) is 7.07. The van der Waals surface area contributed by atoms with Crippen LogP contribution in [0.15, 0.2) is 30.6 Å². The minimum absolute atomic E-state index is 0.420. The van der Waals surface area contributed by atoms with Gasteiger partial charge in [-0.2, -0.15) is 0 Å². The number of nitrogens with zero attached hydrogens (tertiary/aromatic N) is 3. The molecule has 7 heteroatoms. The molecule has 1 aliphatic rings. The van der Waals surface area contributed by atoms with E-state index in [2.05, 4.69) is 20.2 Å². The summed E-state index contributed by atoms with van der Waals surface area (Å²) >= 11 is 6.38. The average molecular weight is 306 g/mol. The monoisotopic (exact) mass is 305 g/mol.